The molecule has 0 N–H and O–H groups in total. The molecule has 176 valence electrons. The van der Waals surface area contributed by atoms with Crippen LogP contribution in [-0.2, 0) is 0 Å². The lowest BCUT2D eigenvalue weighted by Gasteiger charge is -2.37. The Morgan fingerprint density at radius 1 is 0.441 bits per heavy atom. The van der Waals surface area contributed by atoms with Gasteiger partial charge in [0.1, 0.15) is 0 Å². The second-order valence-corrected chi connectivity index (χ2v) is 10.3. The van der Waals surface area contributed by atoms with Crippen LogP contribution in [0, 0.1) is 0 Å². The molecule has 0 unspecified atom stereocenters. The summed E-state index contributed by atoms with van der Waals surface area (Å²) < 4.78 is 0. The topological polar surface area (TPSA) is 74.8 Å². The van der Waals surface area contributed by atoms with E-state index in [1.807, 2.05) is 0 Å². The fourth-order valence-electron chi connectivity index (χ4n) is 6.61. The van der Waals surface area contributed by atoms with Crippen molar-refractivity contribution in [2.45, 2.75) is 89.1 Å². The second kappa shape index (κ2) is 8.33. The highest BCUT2D eigenvalue weighted by molar-refractivity contribution is 6.33. The van der Waals surface area contributed by atoms with Crippen molar-refractivity contribution in [3.8, 4) is 0 Å². The van der Waals surface area contributed by atoms with E-state index in [1.165, 1.54) is 9.80 Å². The standard InChI is InChI=1S/C28H30N2O4/c31-25-19-13-15-21-24-22(28(34)30(27(21)33)18-11-7-3-4-8-12-18)16-14-20(23(19)24)26(32)29(25)17-9-5-1-2-6-10-17/h13-18H,1-12H2. The summed E-state index contributed by atoms with van der Waals surface area (Å²) in [5.41, 5.74) is 1.73. The SMILES string of the molecule is O=C1c2ccc3c4c(ccc(c24)C(=O)N1C1CCCCCC1)C(=O)N(C1CCCCCC1)C3=O. The number of carbonyl (C=O) groups excluding carboxylic acids is 4. The molecule has 6 nitrogen and oxygen atoms in total. The lowest BCUT2D eigenvalue weighted by atomic mass is 9.84. The van der Waals surface area contributed by atoms with Crippen molar-refractivity contribution in [3.63, 3.8) is 0 Å². The van der Waals surface area contributed by atoms with Crippen LogP contribution >= 0.6 is 0 Å². The monoisotopic (exact) mass is 458 g/mol. The summed E-state index contributed by atoms with van der Waals surface area (Å²) in [6, 6.07) is 6.61. The van der Waals surface area contributed by atoms with Crippen LogP contribution in [0.15, 0.2) is 24.3 Å². The first-order valence-electron chi connectivity index (χ1n) is 12.9. The van der Waals surface area contributed by atoms with Gasteiger partial charge in [0, 0.05) is 45.1 Å². The number of imide groups is 2. The van der Waals surface area contributed by atoms with Gasteiger partial charge in [0.15, 0.2) is 0 Å². The average molecular weight is 459 g/mol. The number of nitrogens with zero attached hydrogens (tertiary/aromatic N) is 2. The summed E-state index contributed by atoms with van der Waals surface area (Å²) in [6.45, 7) is 0. The average Bonchev–Trinajstić information content (AvgIpc) is 3.27. The Kier molecular flexibility index (Phi) is 5.27. The summed E-state index contributed by atoms with van der Waals surface area (Å²) in [4.78, 5) is 57.3. The van der Waals surface area contributed by atoms with Gasteiger partial charge in [-0.1, -0.05) is 51.4 Å². The zero-order valence-electron chi connectivity index (χ0n) is 19.5. The lowest BCUT2D eigenvalue weighted by Crippen LogP contribution is -2.49. The van der Waals surface area contributed by atoms with E-state index in [2.05, 4.69) is 0 Å². The first kappa shape index (κ1) is 21.5. The maximum atomic E-state index is 13.6. The van der Waals surface area contributed by atoms with Crippen molar-refractivity contribution in [1.29, 1.82) is 0 Å². The molecule has 0 atom stereocenters. The Balaban J connectivity index is 1.46. The Hall–Kier alpha value is -3.02. The predicted octanol–water partition coefficient (Wildman–Crippen LogP) is 5.48. The van der Waals surface area contributed by atoms with Gasteiger partial charge < -0.3 is 0 Å². The summed E-state index contributed by atoms with van der Waals surface area (Å²) in [5, 5.41) is 0.967. The van der Waals surface area contributed by atoms with E-state index in [0.717, 1.165) is 77.0 Å². The minimum atomic E-state index is -0.292. The number of hydrogen-bond acceptors (Lipinski definition) is 4. The smallest absolute Gasteiger partial charge is 0.261 e. The highest BCUT2D eigenvalue weighted by Gasteiger charge is 2.43. The Labute approximate surface area is 199 Å². The Morgan fingerprint density at radius 3 is 0.971 bits per heavy atom. The van der Waals surface area contributed by atoms with Gasteiger partial charge in [-0.05, 0) is 49.9 Å². The van der Waals surface area contributed by atoms with Gasteiger partial charge in [-0.15, -0.1) is 0 Å². The first-order valence-corrected chi connectivity index (χ1v) is 12.9. The van der Waals surface area contributed by atoms with Gasteiger partial charge in [0.05, 0.1) is 0 Å². The lowest BCUT2D eigenvalue weighted by molar-refractivity contribution is 0.0502. The van der Waals surface area contributed by atoms with E-state index in [1.54, 1.807) is 24.3 Å². The van der Waals surface area contributed by atoms with Crippen LogP contribution in [0.25, 0.3) is 10.8 Å². The van der Waals surface area contributed by atoms with Crippen molar-refractivity contribution in [2.75, 3.05) is 0 Å². The fourth-order valence-corrected chi connectivity index (χ4v) is 6.61. The molecule has 4 amide bonds. The number of hydrogen-bond donors (Lipinski definition) is 0. The van der Waals surface area contributed by atoms with E-state index in [-0.39, 0.29) is 35.7 Å². The van der Waals surface area contributed by atoms with E-state index in [9.17, 15) is 19.2 Å². The molecule has 0 bridgehead atoms. The van der Waals surface area contributed by atoms with Gasteiger partial charge in [0.2, 0.25) is 0 Å². The van der Waals surface area contributed by atoms with Crippen LogP contribution in [0.1, 0.15) is 118 Å². The molecule has 0 radical (unpaired) electrons. The molecule has 2 aromatic rings. The van der Waals surface area contributed by atoms with Gasteiger partial charge >= 0.3 is 0 Å². The summed E-state index contributed by atoms with van der Waals surface area (Å²) in [5.74, 6) is -1.17. The predicted molar refractivity (Wildman–Crippen MR) is 128 cm³/mol. The third-order valence-electron chi connectivity index (χ3n) is 8.34. The van der Waals surface area contributed by atoms with E-state index in [0.29, 0.717) is 33.0 Å². The van der Waals surface area contributed by atoms with Crippen LogP contribution in [0.5, 0.6) is 0 Å². The molecule has 0 saturated heterocycles. The van der Waals surface area contributed by atoms with Crippen molar-refractivity contribution in [1.82, 2.24) is 9.80 Å². The minimum Gasteiger partial charge on any atom is -0.271 e. The van der Waals surface area contributed by atoms with E-state index in [4.69, 9.17) is 0 Å². The molecule has 2 aliphatic heterocycles. The quantitative estimate of drug-likeness (QED) is 0.441. The molecule has 2 fully saturated rings. The Morgan fingerprint density at radius 2 is 0.706 bits per heavy atom. The molecule has 6 heteroatoms. The van der Waals surface area contributed by atoms with E-state index < -0.39 is 0 Å². The number of rotatable bonds is 2. The molecule has 0 spiro atoms. The molecular formula is C28H30N2O4. The summed E-state index contributed by atoms with van der Waals surface area (Å²) >= 11 is 0. The second-order valence-electron chi connectivity index (χ2n) is 10.3. The molecular weight excluding hydrogens is 428 g/mol. The summed E-state index contributed by atoms with van der Waals surface area (Å²) in [7, 11) is 0. The minimum absolute atomic E-state index is 0.0908. The number of carbonyl (C=O) groups is 4. The molecule has 2 aromatic carbocycles. The van der Waals surface area contributed by atoms with Crippen molar-refractivity contribution < 1.29 is 19.2 Å². The van der Waals surface area contributed by atoms with Crippen LogP contribution in [0.2, 0.25) is 0 Å². The summed E-state index contributed by atoms with van der Waals surface area (Å²) in [6.07, 6.45) is 11.9. The maximum Gasteiger partial charge on any atom is 0.261 e. The van der Waals surface area contributed by atoms with Gasteiger partial charge in [-0.3, -0.25) is 29.0 Å². The molecule has 6 rings (SSSR count). The number of benzene rings is 2. The third-order valence-corrected chi connectivity index (χ3v) is 8.34. The third kappa shape index (κ3) is 3.14. The molecule has 34 heavy (non-hydrogen) atoms. The number of amides is 4. The fraction of sp³-hybridized carbons (Fsp3) is 0.500. The first-order chi connectivity index (χ1) is 16.6. The largest absolute Gasteiger partial charge is 0.271 e. The Bertz CT molecular complexity index is 1050. The highest BCUT2D eigenvalue weighted by Crippen LogP contribution is 2.40. The van der Waals surface area contributed by atoms with Crippen molar-refractivity contribution in [3.05, 3.63) is 46.5 Å². The molecule has 0 aromatic heterocycles. The molecule has 4 aliphatic rings. The van der Waals surface area contributed by atoms with Crippen LogP contribution in [0.4, 0.5) is 0 Å². The molecule has 2 heterocycles. The van der Waals surface area contributed by atoms with Gasteiger partial charge in [-0.2, -0.15) is 0 Å². The normalized spacial score (nSPS) is 22.4. The van der Waals surface area contributed by atoms with Crippen LogP contribution in [-0.4, -0.2) is 45.5 Å². The molecule has 2 saturated carbocycles. The zero-order chi connectivity index (χ0) is 23.4. The van der Waals surface area contributed by atoms with Crippen LogP contribution < -0.4 is 0 Å². The van der Waals surface area contributed by atoms with Crippen LogP contribution in [0.3, 0.4) is 0 Å². The molecule has 2 aliphatic carbocycles. The van der Waals surface area contributed by atoms with Crippen molar-refractivity contribution >= 4 is 34.4 Å². The van der Waals surface area contributed by atoms with Crippen molar-refractivity contribution in [2.24, 2.45) is 0 Å². The highest BCUT2D eigenvalue weighted by atomic mass is 16.2. The maximum absolute atomic E-state index is 13.6. The van der Waals surface area contributed by atoms with E-state index >= 15 is 0 Å². The van der Waals surface area contributed by atoms with Gasteiger partial charge in [-0.25, -0.2) is 0 Å². The van der Waals surface area contributed by atoms with Gasteiger partial charge in [0.25, 0.3) is 23.6 Å². The zero-order valence-corrected chi connectivity index (χ0v) is 19.5.